The lowest BCUT2D eigenvalue weighted by atomic mass is 10.4. The molecule has 0 aromatic heterocycles. The van der Waals surface area contributed by atoms with Crippen LogP contribution in [0.2, 0.25) is 0 Å². The highest BCUT2D eigenvalue weighted by molar-refractivity contribution is 5.76. The van der Waals surface area contributed by atoms with Crippen LogP contribution in [0.15, 0.2) is 4.99 Å². The molecular weight excluding hydrogens is 174 g/mol. The molecular formula is C6H16N5O2+. The van der Waals surface area contributed by atoms with Gasteiger partial charge in [0.1, 0.15) is 4.91 Å². The monoisotopic (exact) mass is 190 g/mol. The summed E-state index contributed by atoms with van der Waals surface area (Å²) in [5.74, 6) is -0.0868. The Morgan fingerprint density at radius 2 is 2.31 bits per heavy atom. The van der Waals surface area contributed by atoms with E-state index in [0.717, 1.165) is 13.0 Å². The summed E-state index contributed by atoms with van der Waals surface area (Å²) in [5.41, 5.74) is 7.09. The zero-order valence-corrected chi connectivity index (χ0v) is 7.90. The van der Waals surface area contributed by atoms with Crippen LogP contribution in [0.4, 0.5) is 0 Å². The summed E-state index contributed by atoms with van der Waals surface area (Å²) in [6, 6.07) is 0. The molecule has 4 N–H and O–H groups in total. The van der Waals surface area contributed by atoms with Crippen LogP contribution in [0.25, 0.3) is 0 Å². The van der Waals surface area contributed by atoms with Crippen molar-refractivity contribution in [2.45, 2.75) is 6.42 Å². The number of rotatable bonds is 5. The molecule has 13 heavy (non-hydrogen) atoms. The molecule has 0 saturated heterocycles. The predicted molar refractivity (Wildman–Crippen MR) is 48.2 cm³/mol. The maximum Gasteiger partial charge on any atom is 0.362 e. The molecule has 76 valence electrons. The SMILES string of the molecule is CN(C)CCCN=C(N)N[N+](=O)O. The van der Waals surface area contributed by atoms with Gasteiger partial charge in [-0.05, 0) is 32.5 Å². The first-order valence-corrected chi connectivity index (χ1v) is 3.90. The average Bonchev–Trinajstić information content (AvgIpc) is 1.96. The number of aliphatic imine (C=N–C) groups is 1. The van der Waals surface area contributed by atoms with Crippen molar-refractivity contribution in [2.24, 2.45) is 10.7 Å². The molecule has 0 atom stereocenters. The number of guanidine groups is 1. The van der Waals surface area contributed by atoms with E-state index in [2.05, 4.69) is 4.99 Å². The van der Waals surface area contributed by atoms with Crippen molar-refractivity contribution < 1.29 is 10.2 Å². The second kappa shape index (κ2) is 6.18. The Hall–Kier alpha value is -1.37. The van der Waals surface area contributed by atoms with Gasteiger partial charge in [-0.25, -0.2) is 10.2 Å². The summed E-state index contributed by atoms with van der Waals surface area (Å²) in [7, 11) is 3.91. The third-order valence-corrected chi connectivity index (χ3v) is 1.26. The van der Waals surface area contributed by atoms with E-state index in [1.807, 2.05) is 24.4 Å². The van der Waals surface area contributed by atoms with E-state index in [9.17, 15) is 4.91 Å². The van der Waals surface area contributed by atoms with E-state index in [1.54, 1.807) is 0 Å². The van der Waals surface area contributed by atoms with Gasteiger partial charge in [0, 0.05) is 6.54 Å². The molecule has 0 amide bonds. The molecule has 7 heteroatoms. The van der Waals surface area contributed by atoms with Crippen LogP contribution in [-0.4, -0.2) is 48.3 Å². The van der Waals surface area contributed by atoms with Crippen LogP contribution in [0.1, 0.15) is 6.42 Å². The van der Waals surface area contributed by atoms with Gasteiger partial charge in [0.2, 0.25) is 0 Å². The van der Waals surface area contributed by atoms with Crippen molar-refractivity contribution in [2.75, 3.05) is 27.2 Å². The lowest BCUT2D eigenvalue weighted by molar-refractivity contribution is -0.822. The van der Waals surface area contributed by atoms with Crippen molar-refractivity contribution in [1.82, 2.24) is 10.3 Å². The first-order valence-electron chi connectivity index (χ1n) is 3.90. The van der Waals surface area contributed by atoms with E-state index in [1.165, 1.54) is 0 Å². The standard InChI is InChI=1S/C6H16N5O2/c1-10(2)5-3-4-8-6(7)9-11(12)13/h3-5H2,1-2H3,(H,12,13)(H3,7,8,9)/q+1. The molecule has 0 bridgehead atoms. The van der Waals surface area contributed by atoms with Gasteiger partial charge in [-0.3, -0.25) is 0 Å². The summed E-state index contributed by atoms with van der Waals surface area (Å²) in [6.07, 6.45) is 0.847. The summed E-state index contributed by atoms with van der Waals surface area (Å²) >= 11 is 0. The van der Waals surface area contributed by atoms with Gasteiger partial charge in [0.25, 0.3) is 5.96 Å². The van der Waals surface area contributed by atoms with Gasteiger partial charge in [0.05, 0.1) is 0 Å². The molecule has 0 unspecified atom stereocenters. The van der Waals surface area contributed by atoms with Gasteiger partial charge in [-0.15, -0.1) is 0 Å². The molecule has 0 radical (unpaired) electrons. The number of nitrogens with one attached hydrogen (secondary N) is 1. The van der Waals surface area contributed by atoms with E-state index < -0.39 is 5.03 Å². The zero-order chi connectivity index (χ0) is 10.3. The van der Waals surface area contributed by atoms with Gasteiger partial charge in [-0.2, -0.15) is 0 Å². The third-order valence-electron chi connectivity index (χ3n) is 1.26. The second-order valence-electron chi connectivity index (χ2n) is 2.81. The van der Waals surface area contributed by atoms with E-state index in [0.29, 0.717) is 6.54 Å². The highest BCUT2D eigenvalue weighted by atomic mass is 16.7. The lowest BCUT2D eigenvalue weighted by Crippen LogP contribution is -2.37. The summed E-state index contributed by atoms with van der Waals surface area (Å²) in [4.78, 5) is 15.8. The lowest BCUT2D eigenvalue weighted by Gasteiger charge is -2.06. The van der Waals surface area contributed by atoms with Gasteiger partial charge in [-0.1, -0.05) is 0 Å². The summed E-state index contributed by atoms with van der Waals surface area (Å²) < 4.78 is 0. The smallest absolute Gasteiger partial charge is 0.362 e. The fourth-order valence-electron chi connectivity index (χ4n) is 0.720. The topological polar surface area (TPSA) is 94.0 Å². The zero-order valence-electron chi connectivity index (χ0n) is 7.90. The Kier molecular flexibility index (Phi) is 5.53. The molecule has 0 aromatic rings. The maximum atomic E-state index is 9.99. The molecule has 0 rings (SSSR count). The number of hydrogen-bond donors (Lipinski definition) is 3. The van der Waals surface area contributed by atoms with Crippen LogP contribution >= 0.6 is 0 Å². The van der Waals surface area contributed by atoms with Crippen molar-refractivity contribution in [3.05, 3.63) is 4.91 Å². The Labute approximate surface area is 76.7 Å². The summed E-state index contributed by atoms with van der Waals surface area (Å²) in [5, 5.41) is 7.68. The second-order valence-corrected chi connectivity index (χ2v) is 2.81. The molecule has 0 spiro atoms. The van der Waals surface area contributed by atoms with Crippen LogP contribution in [0.3, 0.4) is 0 Å². The highest BCUT2D eigenvalue weighted by Gasteiger charge is 2.03. The Bertz CT molecular complexity index is 191. The van der Waals surface area contributed by atoms with Gasteiger partial charge < -0.3 is 10.6 Å². The van der Waals surface area contributed by atoms with Crippen molar-refractivity contribution >= 4 is 5.96 Å². The Morgan fingerprint density at radius 1 is 1.69 bits per heavy atom. The molecule has 0 saturated carbocycles. The fraction of sp³-hybridized carbons (Fsp3) is 0.833. The van der Waals surface area contributed by atoms with Crippen LogP contribution in [0, 0.1) is 4.91 Å². The quantitative estimate of drug-likeness (QED) is 0.222. The number of nitrogens with zero attached hydrogens (tertiary/aromatic N) is 3. The Balaban J connectivity index is 3.53. The average molecular weight is 190 g/mol. The minimum atomic E-state index is -0.481. The normalized spacial score (nSPS) is 11.8. The fourth-order valence-corrected chi connectivity index (χ4v) is 0.720. The van der Waals surface area contributed by atoms with Crippen molar-refractivity contribution in [1.29, 1.82) is 0 Å². The first-order chi connectivity index (χ1) is 6.02. The minimum absolute atomic E-state index is 0.0868. The number of nitrogens with two attached hydrogens (primary N) is 1. The predicted octanol–water partition coefficient (Wildman–Crippen LogP) is -1.07. The van der Waals surface area contributed by atoms with Crippen LogP contribution in [-0.2, 0) is 0 Å². The molecule has 0 aliphatic rings. The highest BCUT2D eigenvalue weighted by Crippen LogP contribution is 1.83. The minimum Gasteiger partial charge on any atom is -0.365 e. The summed E-state index contributed by atoms with van der Waals surface area (Å²) in [6.45, 7) is 1.42. The van der Waals surface area contributed by atoms with E-state index in [4.69, 9.17) is 10.9 Å². The van der Waals surface area contributed by atoms with Gasteiger partial charge in [0.15, 0.2) is 0 Å². The molecule has 0 fully saturated rings. The third kappa shape index (κ3) is 8.54. The van der Waals surface area contributed by atoms with Crippen LogP contribution < -0.4 is 11.2 Å². The Morgan fingerprint density at radius 3 is 2.77 bits per heavy atom. The van der Waals surface area contributed by atoms with Gasteiger partial charge >= 0.3 is 5.03 Å². The largest absolute Gasteiger partial charge is 0.365 e. The molecule has 0 aliphatic heterocycles. The number of hydrazine groups is 1. The molecule has 0 aliphatic carbocycles. The molecule has 0 heterocycles. The first kappa shape index (κ1) is 11.6. The molecule has 0 aromatic carbocycles. The van der Waals surface area contributed by atoms with Crippen LogP contribution in [0.5, 0.6) is 0 Å². The van der Waals surface area contributed by atoms with E-state index in [-0.39, 0.29) is 5.96 Å². The maximum absolute atomic E-state index is 9.99. The van der Waals surface area contributed by atoms with Crippen molar-refractivity contribution in [3.8, 4) is 0 Å². The van der Waals surface area contributed by atoms with Crippen molar-refractivity contribution in [3.63, 3.8) is 0 Å². The number of hydrogen-bond acceptors (Lipinski definition) is 3. The molecule has 7 nitrogen and oxygen atoms in total. The van der Waals surface area contributed by atoms with E-state index >= 15 is 0 Å².